The maximum Gasteiger partial charge on any atom is 0.228 e. The van der Waals surface area contributed by atoms with Crippen molar-refractivity contribution in [3.05, 3.63) is 64.4 Å². The van der Waals surface area contributed by atoms with Gasteiger partial charge in [0.05, 0.1) is 0 Å². The summed E-state index contributed by atoms with van der Waals surface area (Å²) in [5.41, 5.74) is 1.61. The predicted octanol–water partition coefficient (Wildman–Crippen LogP) is 4.59. The summed E-state index contributed by atoms with van der Waals surface area (Å²) < 4.78 is 5.59. The van der Waals surface area contributed by atoms with E-state index in [0.717, 1.165) is 5.39 Å². The molecule has 4 heteroatoms. The monoisotopic (exact) mass is 300 g/mol. The quantitative estimate of drug-likeness (QED) is 0.720. The van der Waals surface area contributed by atoms with Gasteiger partial charge in [0.25, 0.3) is 0 Å². The van der Waals surface area contributed by atoms with Crippen molar-refractivity contribution in [2.45, 2.75) is 13.3 Å². The number of halogens is 1. The fourth-order valence-electron chi connectivity index (χ4n) is 2.42. The van der Waals surface area contributed by atoms with E-state index >= 15 is 0 Å². The first-order chi connectivity index (χ1) is 10.1. The second-order valence-electron chi connectivity index (χ2n) is 4.78. The van der Waals surface area contributed by atoms with E-state index in [9.17, 15) is 9.90 Å². The molecular formula is C17H13ClO3. The highest BCUT2D eigenvalue weighted by molar-refractivity contribution is 6.31. The Morgan fingerprint density at radius 2 is 2.00 bits per heavy atom. The Kier molecular flexibility index (Phi) is 3.43. The topological polar surface area (TPSA) is 50.4 Å². The lowest BCUT2D eigenvalue weighted by Gasteiger charge is -2.08. The molecule has 3 aromatic rings. The lowest BCUT2D eigenvalue weighted by molar-refractivity contribution is 0.101. The molecule has 0 bridgehead atoms. The van der Waals surface area contributed by atoms with E-state index in [2.05, 4.69) is 0 Å². The van der Waals surface area contributed by atoms with Crippen LogP contribution < -0.4 is 0 Å². The van der Waals surface area contributed by atoms with Crippen LogP contribution in [0.4, 0.5) is 0 Å². The van der Waals surface area contributed by atoms with E-state index in [1.54, 1.807) is 12.1 Å². The molecule has 0 amide bonds. The molecule has 0 unspecified atom stereocenters. The molecule has 0 saturated carbocycles. The molecule has 0 spiro atoms. The Hall–Kier alpha value is -2.26. The van der Waals surface area contributed by atoms with Crippen LogP contribution >= 0.6 is 11.6 Å². The minimum absolute atomic E-state index is 0.0319. The summed E-state index contributed by atoms with van der Waals surface area (Å²) in [6.45, 7) is 1.87. The minimum Gasteiger partial charge on any atom is -0.508 e. The lowest BCUT2D eigenvalue weighted by Crippen LogP contribution is -2.04. The van der Waals surface area contributed by atoms with Crippen molar-refractivity contribution in [3.63, 3.8) is 0 Å². The number of aromatic hydroxyl groups is 1. The number of ketones is 1. The van der Waals surface area contributed by atoms with Gasteiger partial charge in [-0.3, -0.25) is 4.79 Å². The number of phenols is 1. The number of hydrogen-bond donors (Lipinski definition) is 1. The number of rotatable bonds is 3. The largest absolute Gasteiger partial charge is 0.508 e. The average Bonchev–Trinajstić information content (AvgIpc) is 2.89. The van der Waals surface area contributed by atoms with Crippen LogP contribution in [-0.2, 0) is 6.42 Å². The Labute approximate surface area is 126 Å². The van der Waals surface area contributed by atoms with E-state index in [-0.39, 0.29) is 17.3 Å². The number of furan rings is 1. The number of para-hydroxylation sites is 1. The second-order valence-corrected chi connectivity index (χ2v) is 5.22. The highest BCUT2D eigenvalue weighted by Crippen LogP contribution is 2.30. The third-order valence-corrected chi connectivity index (χ3v) is 3.66. The highest BCUT2D eigenvalue weighted by Gasteiger charge is 2.20. The van der Waals surface area contributed by atoms with Crippen LogP contribution in [0.3, 0.4) is 0 Å². The lowest BCUT2D eigenvalue weighted by atomic mass is 9.99. The highest BCUT2D eigenvalue weighted by atomic mass is 35.5. The Balaban J connectivity index is 2.13. The van der Waals surface area contributed by atoms with Crippen molar-refractivity contribution in [1.29, 1.82) is 0 Å². The number of phenolic OH excluding ortho intramolecular Hbond substituents is 1. The minimum atomic E-state index is -0.277. The molecule has 0 aliphatic rings. The number of carbonyl (C=O) groups excluding carboxylic acids is 1. The first kappa shape index (κ1) is 13.7. The number of hydrogen-bond acceptors (Lipinski definition) is 3. The molecule has 106 valence electrons. The van der Waals surface area contributed by atoms with Gasteiger partial charge in [-0.25, -0.2) is 0 Å². The maximum atomic E-state index is 12.6. The van der Waals surface area contributed by atoms with E-state index in [1.807, 2.05) is 31.2 Å². The van der Waals surface area contributed by atoms with Crippen molar-refractivity contribution >= 4 is 28.4 Å². The van der Waals surface area contributed by atoms with Gasteiger partial charge < -0.3 is 9.52 Å². The number of benzene rings is 2. The van der Waals surface area contributed by atoms with E-state index < -0.39 is 0 Å². The molecule has 1 N–H and O–H groups in total. The molecule has 1 heterocycles. The summed E-state index contributed by atoms with van der Waals surface area (Å²) in [4.78, 5) is 12.6. The van der Waals surface area contributed by atoms with Crippen molar-refractivity contribution in [3.8, 4) is 5.75 Å². The molecule has 21 heavy (non-hydrogen) atoms. The summed E-state index contributed by atoms with van der Waals surface area (Å²) in [6.07, 6.45) is 0.532. The zero-order valence-electron chi connectivity index (χ0n) is 11.4. The van der Waals surface area contributed by atoms with E-state index in [0.29, 0.717) is 28.2 Å². The molecule has 0 atom stereocenters. The Morgan fingerprint density at radius 3 is 2.71 bits per heavy atom. The van der Waals surface area contributed by atoms with Crippen molar-refractivity contribution in [1.82, 2.24) is 0 Å². The molecule has 0 fully saturated rings. The van der Waals surface area contributed by atoms with Gasteiger partial charge in [0.1, 0.15) is 11.3 Å². The Bertz CT molecular complexity index is 800. The van der Waals surface area contributed by atoms with Crippen LogP contribution in [0.25, 0.3) is 11.0 Å². The summed E-state index contributed by atoms with van der Waals surface area (Å²) >= 11 is 5.95. The third kappa shape index (κ3) is 2.41. The summed E-state index contributed by atoms with van der Waals surface area (Å²) in [7, 11) is 0. The third-order valence-electron chi connectivity index (χ3n) is 3.44. The van der Waals surface area contributed by atoms with Gasteiger partial charge in [0, 0.05) is 21.5 Å². The van der Waals surface area contributed by atoms with Gasteiger partial charge >= 0.3 is 0 Å². The van der Waals surface area contributed by atoms with Crippen LogP contribution in [0.15, 0.2) is 46.9 Å². The molecular weight excluding hydrogens is 288 g/mol. The molecule has 3 rings (SSSR count). The molecule has 0 aliphatic heterocycles. The van der Waals surface area contributed by atoms with E-state index in [4.69, 9.17) is 16.0 Å². The first-order valence-corrected chi connectivity index (χ1v) is 7.02. The van der Waals surface area contributed by atoms with Crippen molar-refractivity contribution < 1.29 is 14.3 Å². The smallest absolute Gasteiger partial charge is 0.228 e. The SMILES string of the molecule is CCc1c(O)cc(Cl)cc1C(=O)c1cc2ccccc2o1. The zero-order chi connectivity index (χ0) is 15.0. The van der Waals surface area contributed by atoms with Gasteiger partial charge in [0.2, 0.25) is 5.78 Å². The Morgan fingerprint density at radius 1 is 1.24 bits per heavy atom. The molecule has 0 aliphatic carbocycles. The normalized spacial score (nSPS) is 11.0. The molecule has 0 saturated heterocycles. The standard InChI is InChI=1S/C17H13ClO3/c1-2-12-13(8-11(18)9-14(12)19)17(20)16-7-10-5-3-4-6-15(10)21-16/h3-9,19H,2H2,1H3. The van der Waals surface area contributed by atoms with E-state index in [1.165, 1.54) is 6.07 Å². The molecule has 2 aromatic carbocycles. The van der Waals surface area contributed by atoms with Crippen LogP contribution in [0.1, 0.15) is 28.6 Å². The van der Waals surface area contributed by atoms with Crippen LogP contribution in [0.2, 0.25) is 5.02 Å². The average molecular weight is 301 g/mol. The summed E-state index contributed by atoms with van der Waals surface area (Å²) in [5.74, 6) is -0.00197. The molecule has 0 radical (unpaired) electrons. The van der Waals surface area contributed by atoms with Crippen LogP contribution in [0, 0.1) is 0 Å². The van der Waals surface area contributed by atoms with Gasteiger partial charge in [-0.2, -0.15) is 0 Å². The summed E-state index contributed by atoms with van der Waals surface area (Å²) in [5, 5.41) is 11.1. The van der Waals surface area contributed by atoms with Crippen LogP contribution in [0.5, 0.6) is 5.75 Å². The summed E-state index contributed by atoms with van der Waals surface area (Å²) in [6, 6.07) is 12.1. The van der Waals surface area contributed by atoms with Gasteiger partial charge in [-0.05, 0) is 30.7 Å². The van der Waals surface area contributed by atoms with Gasteiger partial charge in [-0.15, -0.1) is 0 Å². The first-order valence-electron chi connectivity index (χ1n) is 6.65. The van der Waals surface area contributed by atoms with Gasteiger partial charge in [-0.1, -0.05) is 36.7 Å². The number of carbonyl (C=O) groups is 1. The van der Waals surface area contributed by atoms with Crippen molar-refractivity contribution in [2.75, 3.05) is 0 Å². The molecule has 1 aromatic heterocycles. The molecule has 3 nitrogen and oxygen atoms in total. The van der Waals surface area contributed by atoms with Crippen LogP contribution in [-0.4, -0.2) is 10.9 Å². The van der Waals surface area contributed by atoms with Gasteiger partial charge in [0.15, 0.2) is 5.76 Å². The fraction of sp³-hybridized carbons (Fsp3) is 0.118. The predicted molar refractivity (Wildman–Crippen MR) is 82.1 cm³/mol. The van der Waals surface area contributed by atoms with Crippen molar-refractivity contribution in [2.24, 2.45) is 0 Å². The maximum absolute atomic E-state index is 12.6. The number of fused-ring (bicyclic) bond motifs is 1. The fourth-order valence-corrected chi connectivity index (χ4v) is 2.64. The zero-order valence-corrected chi connectivity index (χ0v) is 12.1. The second kappa shape index (κ2) is 5.26.